The van der Waals surface area contributed by atoms with Crippen LogP contribution in [0.25, 0.3) is 0 Å². The van der Waals surface area contributed by atoms with E-state index in [9.17, 15) is 50.8 Å². The maximum absolute atomic E-state index is 15.1. The predicted octanol–water partition coefficient (Wildman–Crippen LogP) is 0.959. The minimum Gasteiger partial charge on any atom is -0.467 e. The van der Waals surface area contributed by atoms with Gasteiger partial charge in [0.1, 0.15) is 54.2 Å². The molecule has 0 amide bonds. The van der Waals surface area contributed by atoms with Gasteiger partial charge >= 0.3 is 11.9 Å². The molecule has 0 aromatic carbocycles. The van der Waals surface area contributed by atoms with E-state index in [1.165, 1.54) is 6.92 Å². The Balaban J connectivity index is 1.06. The SMILES string of the molecule is COC(=O)[C@H]1O[C@@H](O[C@H]2CC[C@]3(C)[C@H]4CC=C5[C@H]6CC(C)(C)CC[C@]6(C(=O)O[C@@H]6OC[C@H](O)[C@H](O)[C@H]6O[C@@H]6O[C@@H](C)[C@H](O)[C@@H](O)[C@H]6O)[C@H](O)C[C@@]5(C)[C@]4(C)CC[C@H]3C2(C)C)[C@H](O)[C@@H](O)[C@@H]1O. The highest BCUT2D eigenvalue weighted by molar-refractivity contribution is 5.80. The second-order valence-electron chi connectivity index (χ2n) is 23.3. The third kappa shape index (κ3) is 7.65. The number of hydrogen-bond donors (Lipinski definition) is 9. The molecule has 4 saturated carbocycles. The number of fused-ring (bicyclic) bond motifs is 7. The van der Waals surface area contributed by atoms with Crippen molar-refractivity contribution >= 4 is 11.9 Å². The van der Waals surface area contributed by atoms with Crippen LogP contribution in [-0.2, 0) is 42.7 Å². The van der Waals surface area contributed by atoms with Crippen LogP contribution in [0.4, 0.5) is 0 Å². The molecule has 3 heterocycles. The Kier molecular flexibility index (Phi) is 13.4. The van der Waals surface area contributed by atoms with Crippen molar-refractivity contribution in [2.24, 2.45) is 50.2 Å². The number of ether oxygens (including phenoxy) is 7. The lowest BCUT2D eigenvalue weighted by Crippen LogP contribution is -2.68. The van der Waals surface area contributed by atoms with Crippen molar-refractivity contribution < 1.29 is 88.7 Å². The molecule has 66 heavy (non-hydrogen) atoms. The maximum Gasteiger partial charge on any atom is 0.337 e. The zero-order chi connectivity index (χ0) is 48.4. The second kappa shape index (κ2) is 17.5. The summed E-state index contributed by atoms with van der Waals surface area (Å²) in [4.78, 5) is 27.6. The largest absolute Gasteiger partial charge is 0.467 e. The average molecular weight is 941 g/mol. The summed E-state index contributed by atoms with van der Waals surface area (Å²) in [5.41, 5.74) is -1.98. The third-order valence-electron chi connectivity index (χ3n) is 19.1. The molecule has 0 unspecified atom stereocenters. The van der Waals surface area contributed by atoms with Crippen LogP contribution in [0.5, 0.6) is 0 Å². The van der Waals surface area contributed by atoms with Crippen molar-refractivity contribution in [2.45, 2.75) is 211 Å². The molecule has 0 bridgehead atoms. The molecule has 8 rings (SSSR count). The number of esters is 2. The van der Waals surface area contributed by atoms with Crippen LogP contribution >= 0.6 is 0 Å². The van der Waals surface area contributed by atoms with Crippen molar-refractivity contribution in [1.29, 1.82) is 0 Å². The highest BCUT2D eigenvalue weighted by Crippen LogP contribution is 2.76. The Morgan fingerprint density at radius 1 is 0.697 bits per heavy atom. The fourth-order valence-corrected chi connectivity index (χ4v) is 14.9. The third-order valence-corrected chi connectivity index (χ3v) is 19.1. The Labute approximate surface area is 386 Å². The molecule has 0 aromatic rings. The Hall–Kier alpha value is -1.88. The van der Waals surface area contributed by atoms with E-state index < -0.39 is 139 Å². The van der Waals surface area contributed by atoms with Gasteiger partial charge in [-0.25, -0.2) is 4.79 Å². The highest BCUT2D eigenvalue weighted by atomic mass is 16.8. The van der Waals surface area contributed by atoms with Gasteiger partial charge in [0.2, 0.25) is 6.29 Å². The first-order valence-corrected chi connectivity index (χ1v) is 24.1. The van der Waals surface area contributed by atoms with Gasteiger partial charge in [-0.05, 0) is 110 Å². The molecular formula is C48H76O18. The first-order chi connectivity index (χ1) is 30.7. The maximum atomic E-state index is 15.1. The molecule has 0 spiro atoms. The van der Waals surface area contributed by atoms with Gasteiger partial charge in [0, 0.05) is 0 Å². The van der Waals surface area contributed by atoms with Gasteiger partial charge in [0.25, 0.3) is 0 Å². The molecule has 0 radical (unpaired) electrons. The van der Waals surface area contributed by atoms with Gasteiger partial charge in [-0.15, -0.1) is 0 Å². The summed E-state index contributed by atoms with van der Waals surface area (Å²) in [6.45, 7) is 16.7. The van der Waals surface area contributed by atoms with Gasteiger partial charge in [0.05, 0.1) is 32.0 Å². The van der Waals surface area contributed by atoms with E-state index in [1.54, 1.807) is 0 Å². The van der Waals surface area contributed by atoms with Gasteiger partial charge in [0.15, 0.2) is 24.8 Å². The summed E-state index contributed by atoms with van der Waals surface area (Å²) in [5, 5.41) is 98.2. The smallest absolute Gasteiger partial charge is 0.337 e. The molecule has 18 nitrogen and oxygen atoms in total. The van der Waals surface area contributed by atoms with E-state index in [1.807, 2.05) is 0 Å². The van der Waals surface area contributed by atoms with Gasteiger partial charge in [-0.3, -0.25) is 4.79 Å². The van der Waals surface area contributed by atoms with Crippen molar-refractivity contribution in [3.63, 3.8) is 0 Å². The summed E-state index contributed by atoms with van der Waals surface area (Å²) < 4.78 is 40.6. The molecule has 376 valence electrons. The van der Waals surface area contributed by atoms with Crippen molar-refractivity contribution in [3.8, 4) is 0 Å². The van der Waals surface area contributed by atoms with E-state index in [0.717, 1.165) is 38.4 Å². The predicted molar refractivity (Wildman–Crippen MR) is 229 cm³/mol. The highest BCUT2D eigenvalue weighted by Gasteiger charge is 2.72. The zero-order valence-electron chi connectivity index (χ0n) is 39.8. The molecule has 3 aliphatic heterocycles. The van der Waals surface area contributed by atoms with E-state index in [-0.39, 0.29) is 34.5 Å². The first-order valence-electron chi connectivity index (χ1n) is 24.1. The molecule has 18 heteroatoms. The Bertz CT molecular complexity index is 1860. The van der Waals surface area contributed by atoms with E-state index >= 15 is 4.79 Å². The number of carbonyl (C=O) groups excluding carboxylic acids is 2. The summed E-state index contributed by atoms with van der Waals surface area (Å²) in [6, 6.07) is 0. The number of rotatable bonds is 7. The summed E-state index contributed by atoms with van der Waals surface area (Å²) in [5.74, 6) is -1.72. The van der Waals surface area contributed by atoms with Gasteiger partial charge in [-0.2, -0.15) is 0 Å². The number of carbonyl (C=O) groups is 2. The van der Waals surface area contributed by atoms with Gasteiger partial charge < -0.3 is 79.1 Å². The summed E-state index contributed by atoms with van der Waals surface area (Å²) >= 11 is 0. The summed E-state index contributed by atoms with van der Waals surface area (Å²) in [6.07, 6.45) is -15.2. The average Bonchev–Trinajstić information content (AvgIpc) is 3.25. The normalized spacial score (nSPS) is 53.2. The molecule has 5 aliphatic carbocycles. The standard InChI is InChI=1S/C48H76O18/c1-21-29(51)31(53)34(56)39(62-21)65-37-30(52)24(49)20-61-41(37)66-42(59)48-17-16-43(2,3)18-23(48)22-10-11-26-45(6)14-13-28(63-40-35(57)32(54)33(55)36(64-40)38(58)60-9)44(4,5)25(45)12-15-46(26,7)47(22,8)19-27(48)50/h10,21,23-37,39-41,49-57H,11-20H2,1-9H3/t21-,23+,24-,25-,26+,27+,28-,29-,30-,31+,32-,33-,34+,35+,36-,37+,39-,40+,41-,45-,46+,47+,48+/m0/s1. The monoisotopic (exact) mass is 941 g/mol. The first kappa shape index (κ1) is 50.5. The number of aliphatic hydroxyl groups excluding tert-OH is 9. The van der Waals surface area contributed by atoms with Crippen LogP contribution in [0.1, 0.15) is 113 Å². The van der Waals surface area contributed by atoms with Gasteiger partial charge in [-0.1, -0.05) is 60.1 Å². The van der Waals surface area contributed by atoms with Crippen molar-refractivity contribution in [2.75, 3.05) is 13.7 Å². The van der Waals surface area contributed by atoms with Crippen molar-refractivity contribution in [1.82, 2.24) is 0 Å². The van der Waals surface area contributed by atoms with Crippen LogP contribution < -0.4 is 0 Å². The molecule has 9 N–H and O–H groups in total. The molecule has 3 saturated heterocycles. The van der Waals surface area contributed by atoms with E-state index in [0.29, 0.717) is 25.7 Å². The number of methoxy groups -OCH3 is 1. The zero-order valence-corrected chi connectivity index (χ0v) is 39.8. The fourth-order valence-electron chi connectivity index (χ4n) is 14.9. The number of aliphatic hydroxyl groups is 9. The quantitative estimate of drug-likeness (QED) is 0.0977. The van der Waals surface area contributed by atoms with E-state index in [2.05, 4.69) is 54.5 Å². The van der Waals surface area contributed by atoms with E-state index in [4.69, 9.17) is 33.2 Å². The topological polar surface area (TPSA) is 281 Å². The lowest BCUT2D eigenvalue weighted by atomic mass is 9.33. The molecule has 0 aromatic heterocycles. The Morgan fingerprint density at radius 2 is 1.35 bits per heavy atom. The minimum absolute atomic E-state index is 0.139. The molecule has 7 fully saturated rings. The summed E-state index contributed by atoms with van der Waals surface area (Å²) in [7, 11) is 1.15. The van der Waals surface area contributed by atoms with Crippen LogP contribution in [0, 0.1) is 50.2 Å². The molecule has 23 atom stereocenters. The number of hydrogen-bond acceptors (Lipinski definition) is 18. The molecular weight excluding hydrogens is 865 g/mol. The minimum atomic E-state index is -1.74. The van der Waals surface area contributed by atoms with Crippen molar-refractivity contribution in [3.05, 3.63) is 11.6 Å². The lowest BCUT2D eigenvalue weighted by molar-refractivity contribution is -0.350. The fraction of sp³-hybridized carbons (Fsp3) is 0.917. The second-order valence-corrected chi connectivity index (χ2v) is 23.3. The van der Waals surface area contributed by atoms with Crippen LogP contribution in [0.3, 0.4) is 0 Å². The lowest BCUT2D eigenvalue weighted by Gasteiger charge is -2.71. The number of allylic oxidation sites excluding steroid dienone is 2. The molecule has 8 aliphatic rings. The van der Waals surface area contributed by atoms with Crippen LogP contribution in [0.2, 0.25) is 0 Å². The Morgan fingerprint density at radius 3 is 2.02 bits per heavy atom. The van der Waals surface area contributed by atoms with Crippen LogP contribution in [-0.4, -0.2) is 170 Å². The van der Waals surface area contributed by atoms with Crippen LogP contribution in [0.15, 0.2) is 11.6 Å².